The first-order chi connectivity index (χ1) is 11.6. The number of rotatable bonds is 5. The van der Waals surface area contributed by atoms with Crippen LogP contribution in [0.1, 0.15) is 25.7 Å². The van der Waals surface area contributed by atoms with Gasteiger partial charge in [-0.25, -0.2) is 0 Å². The molecule has 0 heterocycles. The second-order valence-electron chi connectivity index (χ2n) is 6.45. The van der Waals surface area contributed by atoms with Crippen LogP contribution in [-0.2, 0) is 36.2 Å². The van der Waals surface area contributed by atoms with Crippen LogP contribution in [0.3, 0.4) is 0 Å². The predicted octanol–water partition coefficient (Wildman–Crippen LogP) is 2.28. The predicted molar refractivity (Wildman–Crippen MR) is 87.3 cm³/mol. The summed E-state index contributed by atoms with van der Waals surface area (Å²) in [6, 6.07) is 0. The number of ether oxygens (including phenoxy) is 1. The minimum absolute atomic E-state index is 0. The van der Waals surface area contributed by atoms with E-state index in [1.807, 2.05) is 32.1 Å². The Morgan fingerprint density at radius 2 is 1.24 bits per heavy atom. The first kappa shape index (κ1) is 20.6. The van der Waals surface area contributed by atoms with Gasteiger partial charge in [-0.15, -0.1) is 0 Å². The van der Waals surface area contributed by atoms with E-state index in [2.05, 4.69) is 0 Å². The Morgan fingerprint density at radius 1 is 0.800 bits per heavy atom. The van der Waals surface area contributed by atoms with Gasteiger partial charge < -0.3 is 4.74 Å². The van der Waals surface area contributed by atoms with Crippen molar-refractivity contribution in [2.75, 3.05) is 7.11 Å². The molecule has 0 aromatic carbocycles. The van der Waals surface area contributed by atoms with Gasteiger partial charge in [-0.2, -0.15) is 0 Å². The van der Waals surface area contributed by atoms with E-state index in [0.717, 1.165) is 0 Å². The smallest absolute Gasteiger partial charge is 0.468 e. The average molecular weight is 380 g/mol. The van der Waals surface area contributed by atoms with Gasteiger partial charge >= 0.3 is 23.0 Å². The van der Waals surface area contributed by atoms with E-state index in [9.17, 15) is 14.4 Å². The Kier molecular flexibility index (Phi) is 6.89. The van der Waals surface area contributed by atoms with E-state index < -0.39 is 16.8 Å². The summed E-state index contributed by atoms with van der Waals surface area (Å²) in [6.07, 6.45) is 19.1. The maximum atomic E-state index is 12.6. The zero-order valence-electron chi connectivity index (χ0n) is 14.0. The van der Waals surface area contributed by atoms with Gasteiger partial charge in [0.15, 0.2) is 11.6 Å². The van der Waals surface area contributed by atoms with Crippen molar-refractivity contribution in [3.05, 3.63) is 63.7 Å². The molecule has 4 aliphatic rings. The van der Waals surface area contributed by atoms with Crippen LogP contribution in [0, 0.1) is 74.5 Å². The molecule has 0 aromatic heterocycles. The van der Waals surface area contributed by atoms with E-state index in [1.54, 1.807) is 25.7 Å². The fraction of sp³-hybridized carbons (Fsp3) is 0.350. The van der Waals surface area contributed by atoms with Crippen LogP contribution in [0.5, 0.6) is 0 Å². The minimum atomic E-state index is -1.03. The number of hydrogen-bond acceptors (Lipinski definition) is 4. The third kappa shape index (κ3) is 4.03. The molecule has 10 radical (unpaired) electrons. The molecule has 4 rings (SSSR count). The van der Waals surface area contributed by atoms with Crippen LogP contribution in [0.25, 0.3) is 0 Å². The molecule has 0 amide bonds. The molecule has 4 nitrogen and oxygen atoms in total. The third-order valence-electron chi connectivity index (χ3n) is 4.86. The summed E-state index contributed by atoms with van der Waals surface area (Å²) in [7, 11) is 1.29. The summed E-state index contributed by atoms with van der Waals surface area (Å²) in [4.78, 5) is 36.8. The maximum absolute atomic E-state index is 12.6. The molecule has 0 aliphatic heterocycles. The van der Waals surface area contributed by atoms with Crippen molar-refractivity contribution in [1.29, 1.82) is 0 Å². The number of carbonyl (C=O) groups excluding carboxylic acids is 3. The molecular formula is C20H20FeO4+2. The number of carbonyl (C=O) groups is 3. The molecule has 0 saturated heterocycles. The molecule has 5 heteroatoms. The van der Waals surface area contributed by atoms with Crippen molar-refractivity contribution >= 4 is 17.5 Å². The van der Waals surface area contributed by atoms with E-state index >= 15 is 0 Å². The second-order valence-corrected chi connectivity index (χ2v) is 6.45. The van der Waals surface area contributed by atoms with Crippen LogP contribution < -0.4 is 0 Å². The monoisotopic (exact) mass is 380 g/mol. The summed E-state index contributed by atoms with van der Waals surface area (Å²) in [5.41, 5.74) is -1.99. The number of ketones is 2. The van der Waals surface area contributed by atoms with Gasteiger partial charge in [0, 0.05) is 5.92 Å². The van der Waals surface area contributed by atoms with E-state index in [4.69, 9.17) is 4.74 Å². The molecule has 130 valence electrons. The van der Waals surface area contributed by atoms with Crippen LogP contribution in [0.15, 0.2) is 0 Å². The summed E-state index contributed by atoms with van der Waals surface area (Å²) < 4.78 is 4.72. The van der Waals surface area contributed by atoms with E-state index in [-0.39, 0.29) is 28.6 Å². The van der Waals surface area contributed by atoms with Gasteiger partial charge in [-0.1, -0.05) is 0 Å². The fourth-order valence-electron chi connectivity index (χ4n) is 3.11. The summed E-state index contributed by atoms with van der Waals surface area (Å²) in [5, 5.41) is 0. The molecule has 4 saturated carbocycles. The normalized spacial score (nSPS) is 25.2. The molecule has 25 heavy (non-hydrogen) atoms. The molecule has 0 atom stereocenters. The van der Waals surface area contributed by atoms with Crippen LogP contribution in [0.2, 0.25) is 0 Å². The standard InChI is InChI=1S/C15H15O4.C5H5.Fe/c1-19-13(18)15(8-9-15)12(17)14(6-7-14)11(16)10-4-2-3-5-10;1-2-4-5-3-1;/h2-5H,6-9H2,1H3;1-5H;/q;;+2. The van der Waals surface area contributed by atoms with Gasteiger partial charge in [-0.3, -0.25) is 14.4 Å². The first-order valence-corrected chi connectivity index (χ1v) is 8.13. The zero-order chi connectivity index (χ0) is 17.2. The number of hydrogen-bond donors (Lipinski definition) is 0. The Labute approximate surface area is 161 Å². The van der Waals surface area contributed by atoms with Gasteiger partial charge in [0.2, 0.25) is 0 Å². The molecule has 0 bridgehead atoms. The van der Waals surface area contributed by atoms with Crippen molar-refractivity contribution in [2.24, 2.45) is 10.8 Å². The second kappa shape index (κ2) is 8.35. The molecule has 0 aromatic rings. The number of Topliss-reactive ketones (excluding diaryl/α,β-unsaturated/α-hetero) is 2. The van der Waals surface area contributed by atoms with E-state index in [1.165, 1.54) is 7.11 Å². The summed E-state index contributed by atoms with van der Waals surface area (Å²) in [5.74, 6) is -0.290. The Morgan fingerprint density at radius 3 is 1.60 bits per heavy atom. The van der Waals surface area contributed by atoms with Crippen molar-refractivity contribution < 1.29 is 36.2 Å². The SMILES string of the molecule is COC(=O)C1(C(=O)C2(C(=O)[C]3[CH][CH][CH][CH]3)CC2)CC1.[CH]1[CH][CH][CH][CH]1.[Fe+2]. The quantitative estimate of drug-likeness (QED) is 0.417. The molecule has 0 unspecified atom stereocenters. The minimum Gasteiger partial charge on any atom is -0.468 e. The largest absolute Gasteiger partial charge is 2.00 e. The maximum Gasteiger partial charge on any atom is 2.00 e. The zero-order valence-corrected chi connectivity index (χ0v) is 15.1. The van der Waals surface area contributed by atoms with Crippen LogP contribution in [0.4, 0.5) is 0 Å². The summed E-state index contributed by atoms with van der Waals surface area (Å²) in [6.45, 7) is 0. The van der Waals surface area contributed by atoms with Crippen LogP contribution >= 0.6 is 0 Å². The van der Waals surface area contributed by atoms with Crippen molar-refractivity contribution in [2.45, 2.75) is 25.7 Å². The Hall–Kier alpha value is -0.671. The molecular weight excluding hydrogens is 360 g/mol. The number of methoxy groups -OCH3 is 1. The topological polar surface area (TPSA) is 60.4 Å². The molecule has 4 fully saturated rings. The number of esters is 1. The van der Waals surface area contributed by atoms with Crippen molar-refractivity contribution in [1.82, 2.24) is 0 Å². The molecule has 0 N–H and O–H groups in total. The van der Waals surface area contributed by atoms with E-state index in [0.29, 0.717) is 31.6 Å². The average Bonchev–Trinajstić information content (AvgIpc) is 3.44. The Bertz CT molecular complexity index is 502. The van der Waals surface area contributed by atoms with Gasteiger partial charge in [-0.05, 0) is 83.5 Å². The Balaban J connectivity index is 0.000000325. The first-order valence-electron chi connectivity index (χ1n) is 8.13. The van der Waals surface area contributed by atoms with Gasteiger partial charge in [0.1, 0.15) is 5.41 Å². The molecule has 0 spiro atoms. The van der Waals surface area contributed by atoms with Gasteiger partial charge in [0.05, 0.1) is 12.5 Å². The van der Waals surface area contributed by atoms with Crippen LogP contribution in [-0.4, -0.2) is 24.6 Å². The molecule has 4 aliphatic carbocycles. The van der Waals surface area contributed by atoms with Gasteiger partial charge in [0.25, 0.3) is 0 Å². The van der Waals surface area contributed by atoms with Crippen molar-refractivity contribution in [3.8, 4) is 0 Å². The summed E-state index contributed by atoms with van der Waals surface area (Å²) >= 11 is 0. The van der Waals surface area contributed by atoms with Crippen molar-refractivity contribution in [3.63, 3.8) is 0 Å². The third-order valence-corrected chi connectivity index (χ3v) is 4.86. The fourth-order valence-corrected chi connectivity index (χ4v) is 3.11.